The van der Waals surface area contributed by atoms with Gasteiger partial charge < -0.3 is 25.4 Å². The molecule has 3 unspecified atom stereocenters. The Morgan fingerprint density at radius 1 is 1.31 bits per heavy atom. The Bertz CT molecular complexity index is 713. The number of esters is 1. The van der Waals surface area contributed by atoms with Crippen molar-refractivity contribution >= 4 is 23.4 Å². The number of piperidine rings is 1. The van der Waals surface area contributed by atoms with Gasteiger partial charge in [0, 0.05) is 12.6 Å². The molecule has 7 nitrogen and oxygen atoms in total. The number of rotatable bonds is 4. The van der Waals surface area contributed by atoms with Crippen LogP contribution in [0.1, 0.15) is 44.0 Å². The summed E-state index contributed by atoms with van der Waals surface area (Å²) in [4.78, 5) is 26.1. The molecule has 1 saturated carbocycles. The van der Waals surface area contributed by atoms with Gasteiger partial charge in [-0.1, -0.05) is 0 Å². The van der Waals surface area contributed by atoms with Crippen molar-refractivity contribution in [3.05, 3.63) is 23.8 Å². The number of benzene rings is 1. The van der Waals surface area contributed by atoms with E-state index in [1.807, 2.05) is 25.7 Å². The maximum atomic E-state index is 12.6. The predicted molar refractivity (Wildman–Crippen MR) is 99.1 cm³/mol. The second-order valence-corrected chi connectivity index (χ2v) is 8.01. The van der Waals surface area contributed by atoms with Crippen LogP contribution in [-0.2, 0) is 9.47 Å². The Hall–Kier alpha value is -2.44. The van der Waals surface area contributed by atoms with Crippen LogP contribution in [0, 0.1) is 5.92 Å². The van der Waals surface area contributed by atoms with Gasteiger partial charge in [-0.25, -0.2) is 9.59 Å². The van der Waals surface area contributed by atoms with Gasteiger partial charge in [-0.05, 0) is 57.7 Å². The van der Waals surface area contributed by atoms with Crippen LogP contribution in [-0.4, -0.2) is 48.3 Å². The Morgan fingerprint density at radius 2 is 2.04 bits per heavy atom. The van der Waals surface area contributed by atoms with Crippen molar-refractivity contribution in [3.8, 4) is 0 Å². The lowest BCUT2D eigenvalue weighted by Gasteiger charge is -2.31. The van der Waals surface area contributed by atoms with Gasteiger partial charge in [-0.2, -0.15) is 0 Å². The molecule has 7 heteroatoms. The summed E-state index contributed by atoms with van der Waals surface area (Å²) in [5.74, 6) is 0.151. The van der Waals surface area contributed by atoms with E-state index in [4.69, 9.17) is 15.2 Å². The molecule has 0 bridgehead atoms. The van der Waals surface area contributed by atoms with Gasteiger partial charge in [-0.3, -0.25) is 0 Å². The molecule has 1 aromatic carbocycles. The molecule has 3 N–H and O–H groups in total. The quantitative estimate of drug-likeness (QED) is 0.633. The molecule has 0 aromatic heterocycles. The summed E-state index contributed by atoms with van der Waals surface area (Å²) in [5, 5.41) is 3.28. The smallest absolute Gasteiger partial charge is 0.410 e. The number of hydrogen-bond acceptors (Lipinski definition) is 6. The second-order valence-electron chi connectivity index (χ2n) is 8.01. The van der Waals surface area contributed by atoms with E-state index in [9.17, 15) is 9.59 Å². The van der Waals surface area contributed by atoms with E-state index >= 15 is 0 Å². The van der Waals surface area contributed by atoms with Crippen LogP contribution in [0.25, 0.3) is 0 Å². The maximum absolute atomic E-state index is 12.6. The molecule has 2 aliphatic rings. The fourth-order valence-corrected chi connectivity index (χ4v) is 3.52. The largest absolute Gasteiger partial charge is 0.465 e. The summed E-state index contributed by atoms with van der Waals surface area (Å²) in [6, 6.07) is 5.32. The van der Waals surface area contributed by atoms with Crippen molar-refractivity contribution < 1.29 is 19.1 Å². The van der Waals surface area contributed by atoms with E-state index < -0.39 is 11.6 Å². The number of nitrogens with zero attached hydrogens (tertiary/aromatic N) is 1. The van der Waals surface area contributed by atoms with Crippen molar-refractivity contribution in [1.29, 1.82) is 0 Å². The van der Waals surface area contributed by atoms with Crippen molar-refractivity contribution in [3.63, 3.8) is 0 Å². The van der Waals surface area contributed by atoms with Gasteiger partial charge in [0.05, 0.1) is 30.1 Å². The fourth-order valence-electron chi connectivity index (χ4n) is 3.52. The number of nitrogen functional groups attached to an aromatic ring is 1. The minimum Gasteiger partial charge on any atom is -0.465 e. The van der Waals surface area contributed by atoms with Gasteiger partial charge in [0.25, 0.3) is 0 Å². The monoisotopic (exact) mass is 361 g/mol. The standard InChI is InChI=1S/C19H27N3O4/c1-19(2,3)26-18(24)22-13(7-12-9-16(12)22)10-21-15-8-11(17(23)25-4)5-6-14(15)20/h5-6,8,12-13,16,21H,7,9-10,20H2,1-4H3. The van der Waals surface area contributed by atoms with Crippen molar-refractivity contribution in [2.45, 2.75) is 51.3 Å². The first-order valence-corrected chi connectivity index (χ1v) is 8.92. The summed E-state index contributed by atoms with van der Waals surface area (Å²) >= 11 is 0. The number of ether oxygens (including phenoxy) is 2. The molecule has 1 aromatic rings. The molecule has 3 rings (SSSR count). The first-order chi connectivity index (χ1) is 12.2. The topological polar surface area (TPSA) is 93.9 Å². The predicted octanol–water partition coefficient (Wildman–Crippen LogP) is 2.87. The van der Waals surface area contributed by atoms with Gasteiger partial charge in [0.1, 0.15) is 5.60 Å². The van der Waals surface area contributed by atoms with E-state index in [2.05, 4.69) is 5.32 Å². The third-order valence-corrected chi connectivity index (χ3v) is 4.82. The highest BCUT2D eigenvalue weighted by atomic mass is 16.6. The molecule has 3 atom stereocenters. The molecule has 0 spiro atoms. The number of anilines is 2. The molecule has 1 heterocycles. The minimum atomic E-state index is -0.513. The fraction of sp³-hybridized carbons (Fsp3) is 0.579. The summed E-state index contributed by atoms with van der Waals surface area (Å²) in [5.41, 5.74) is 7.14. The van der Waals surface area contributed by atoms with Gasteiger partial charge >= 0.3 is 12.1 Å². The average Bonchev–Trinajstić information content (AvgIpc) is 3.21. The number of carbonyl (C=O) groups is 2. The number of nitrogens with one attached hydrogen (secondary N) is 1. The van der Waals surface area contributed by atoms with Crippen LogP contribution >= 0.6 is 0 Å². The van der Waals surface area contributed by atoms with Gasteiger partial charge in [0.2, 0.25) is 0 Å². The van der Waals surface area contributed by atoms with Crippen LogP contribution < -0.4 is 11.1 Å². The first-order valence-electron chi connectivity index (χ1n) is 8.92. The zero-order valence-electron chi connectivity index (χ0n) is 15.7. The summed E-state index contributed by atoms with van der Waals surface area (Å²) in [6.45, 7) is 6.17. The van der Waals surface area contributed by atoms with Crippen LogP contribution in [0.15, 0.2) is 18.2 Å². The van der Waals surface area contributed by atoms with E-state index in [1.54, 1.807) is 18.2 Å². The lowest BCUT2D eigenvalue weighted by molar-refractivity contribution is 0.0194. The molecular formula is C19H27N3O4. The number of carbonyl (C=O) groups excluding carboxylic acids is 2. The zero-order valence-corrected chi connectivity index (χ0v) is 15.7. The SMILES string of the molecule is COC(=O)c1ccc(N)c(NCC2CC3CC3N2C(=O)OC(C)(C)C)c1. The lowest BCUT2D eigenvalue weighted by atomic mass is 10.1. The van der Waals surface area contributed by atoms with Crippen LogP contribution in [0.5, 0.6) is 0 Å². The van der Waals surface area contributed by atoms with Crippen molar-refractivity contribution in [2.75, 3.05) is 24.7 Å². The van der Waals surface area contributed by atoms with Gasteiger partial charge in [-0.15, -0.1) is 0 Å². The average molecular weight is 361 g/mol. The Kier molecular flexibility index (Phi) is 4.73. The molecule has 142 valence electrons. The molecule has 1 aliphatic heterocycles. The summed E-state index contributed by atoms with van der Waals surface area (Å²) < 4.78 is 10.3. The Labute approximate surface area is 153 Å². The molecule has 1 saturated heterocycles. The van der Waals surface area contributed by atoms with Crippen LogP contribution in [0.2, 0.25) is 0 Å². The normalized spacial score (nSPS) is 24.0. The van der Waals surface area contributed by atoms with E-state index in [0.717, 1.165) is 12.8 Å². The van der Waals surface area contributed by atoms with Gasteiger partial charge in [0.15, 0.2) is 0 Å². The summed E-state index contributed by atoms with van der Waals surface area (Å²) in [7, 11) is 1.34. The minimum absolute atomic E-state index is 0.0507. The maximum Gasteiger partial charge on any atom is 0.410 e. The van der Waals surface area contributed by atoms with Crippen molar-refractivity contribution in [1.82, 2.24) is 4.90 Å². The number of methoxy groups -OCH3 is 1. The number of hydrogen-bond donors (Lipinski definition) is 2. The van der Waals surface area contributed by atoms with Crippen molar-refractivity contribution in [2.24, 2.45) is 5.92 Å². The first kappa shape index (κ1) is 18.4. The molecule has 1 aliphatic carbocycles. The molecule has 0 radical (unpaired) electrons. The summed E-state index contributed by atoms with van der Waals surface area (Å²) in [6.07, 6.45) is 1.74. The highest BCUT2D eigenvalue weighted by Gasteiger charge is 2.54. The molecule has 26 heavy (non-hydrogen) atoms. The third kappa shape index (κ3) is 3.86. The Balaban J connectivity index is 1.67. The Morgan fingerprint density at radius 3 is 2.69 bits per heavy atom. The molecular weight excluding hydrogens is 334 g/mol. The number of fused-ring (bicyclic) bond motifs is 1. The zero-order chi connectivity index (χ0) is 19.1. The van der Waals surface area contributed by atoms with E-state index in [0.29, 0.717) is 29.4 Å². The van der Waals surface area contributed by atoms with Crippen LogP contribution in [0.4, 0.5) is 16.2 Å². The van der Waals surface area contributed by atoms with E-state index in [-0.39, 0.29) is 18.2 Å². The van der Waals surface area contributed by atoms with Crippen LogP contribution in [0.3, 0.4) is 0 Å². The second kappa shape index (κ2) is 6.70. The highest BCUT2D eigenvalue weighted by molar-refractivity contribution is 5.92. The lowest BCUT2D eigenvalue weighted by Crippen LogP contribution is -2.44. The molecule has 2 fully saturated rings. The van der Waals surface area contributed by atoms with E-state index in [1.165, 1.54) is 7.11 Å². The molecule has 1 amide bonds. The highest BCUT2D eigenvalue weighted by Crippen LogP contribution is 2.48. The number of nitrogens with two attached hydrogens (primary N) is 1. The third-order valence-electron chi connectivity index (χ3n) is 4.82. The number of likely N-dealkylation sites (tertiary alicyclic amines) is 1. The number of amides is 1.